The summed E-state index contributed by atoms with van der Waals surface area (Å²) in [5.74, 6) is -1.44. The van der Waals surface area contributed by atoms with Gasteiger partial charge in [0.1, 0.15) is 0 Å². The van der Waals surface area contributed by atoms with Crippen molar-refractivity contribution in [3.05, 3.63) is 41.7 Å². The highest BCUT2D eigenvalue weighted by molar-refractivity contribution is 6.40. The molecule has 0 radical (unpaired) electrons. The van der Waals surface area contributed by atoms with Gasteiger partial charge in [0.15, 0.2) is 0 Å². The molecule has 1 atom stereocenters. The highest BCUT2D eigenvalue weighted by Crippen LogP contribution is 2.23. The van der Waals surface area contributed by atoms with E-state index in [1.807, 2.05) is 0 Å². The topological polar surface area (TPSA) is 85.2 Å². The zero-order valence-electron chi connectivity index (χ0n) is 12.9. The highest BCUT2D eigenvalue weighted by Gasteiger charge is 2.19. The number of nitrogens with zero attached hydrogens (tertiary/aromatic N) is 2. The number of anilines is 1. The summed E-state index contributed by atoms with van der Waals surface area (Å²) in [6.07, 6.45) is 5.27. The Labute approximate surface area is 143 Å². The summed E-state index contributed by atoms with van der Waals surface area (Å²) in [6.45, 7) is 1.04. The fourth-order valence-electron chi connectivity index (χ4n) is 2.46. The van der Waals surface area contributed by atoms with Crippen LogP contribution in [0.2, 0.25) is 5.02 Å². The van der Waals surface area contributed by atoms with Gasteiger partial charge in [-0.3, -0.25) is 9.59 Å². The van der Waals surface area contributed by atoms with Crippen LogP contribution in [0.15, 0.2) is 36.7 Å². The van der Waals surface area contributed by atoms with E-state index in [1.165, 1.54) is 0 Å². The van der Waals surface area contributed by atoms with Gasteiger partial charge in [-0.2, -0.15) is 5.10 Å². The highest BCUT2D eigenvalue weighted by atomic mass is 35.5. The molecule has 2 aromatic rings. The number of halogens is 1. The molecule has 24 heavy (non-hydrogen) atoms. The Kier molecular flexibility index (Phi) is 5.12. The fraction of sp³-hybridized carbons (Fsp3) is 0.312. The van der Waals surface area contributed by atoms with Crippen LogP contribution in [0.4, 0.5) is 5.69 Å². The number of benzene rings is 1. The summed E-state index contributed by atoms with van der Waals surface area (Å²) in [6, 6.07) is 6.73. The number of amides is 2. The second kappa shape index (κ2) is 7.46. The fourth-order valence-corrected chi connectivity index (χ4v) is 2.73. The van der Waals surface area contributed by atoms with Crippen LogP contribution in [0.3, 0.4) is 0 Å². The van der Waals surface area contributed by atoms with E-state index in [0.29, 0.717) is 29.5 Å². The van der Waals surface area contributed by atoms with Crippen molar-refractivity contribution in [2.45, 2.75) is 18.9 Å². The molecular weight excluding hydrogens is 332 g/mol. The van der Waals surface area contributed by atoms with Crippen LogP contribution in [0.5, 0.6) is 0 Å². The standard InChI is InChI=1S/C16H17ClN4O3/c17-13-9-11(4-5-14(13)21-7-2-6-19-21)20-16(23)15(22)18-10-12-3-1-8-24-12/h2,4-7,9,12H,1,3,8,10H2,(H,18,22)(H,20,23). The van der Waals surface area contributed by atoms with Crippen molar-refractivity contribution in [3.63, 3.8) is 0 Å². The number of ether oxygens (including phenoxy) is 1. The van der Waals surface area contributed by atoms with Gasteiger partial charge in [-0.05, 0) is 37.1 Å². The van der Waals surface area contributed by atoms with Crippen LogP contribution < -0.4 is 10.6 Å². The molecule has 1 aliphatic rings. The normalized spacial score (nSPS) is 16.8. The van der Waals surface area contributed by atoms with Gasteiger partial charge in [0.05, 0.1) is 16.8 Å². The molecule has 126 valence electrons. The van der Waals surface area contributed by atoms with Crippen molar-refractivity contribution >= 4 is 29.1 Å². The van der Waals surface area contributed by atoms with Gasteiger partial charge < -0.3 is 15.4 Å². The third-order valence-corrected chi connectivity index (χ3v) is 3.98. The number of hydrogen-bond acceptors (Lipinski definition) is 4. The molecule has 0 spiro atoms. The summed E-state index contributed by atoms with van der Waals surface area (Å²) in [5.41, 5.74) is 1.12. The predicted molar refractivity (Wildman–Crippen MR) is 89.2 cm³/mol. The molecule has 0 aliphatic carbocycles. The van der Waals surface area contributed by atoms with Crippen LogP contribution in [0, 0.1) is 0 Å². The van der Waals surface area contributed by atoms with Gasteiger partial charge in [-0.1, -0.05) is 11.6 Å². The van der Waals surface area contributed by atoms with Crippen molar-refractivity contribution in [1.29, 1.82) is 0 Å². The minimum Gasteiger partial charge on any atom is -0.376 e. The molecule has 1 aromatic heterocycles. The Hall–Kier alpha value is -2.38. The summed E-state index contributed by atoms with van der Waals surface area (Å²) in [4.78, 5) is 23.7. The van der Waals surface area contributed by atoms with E-state index in [4.69, 9.17) is 16.3 Å². The van der Waals surface area contributed by atoms with Gasteiger partial charge in [-0.25, -0.2) is 4.68 Å². The zero-order chi connectivity index (χ0) is 16.9. The van der Waals surface area contributed by atoms with E-state index in [9.17, 15) is 9.59 Å². The summed E-state index contributed by atoms with van der Waals surface area (Å²) < 4.78 is 7.01. The zero-order valence-corrected chi connectivity index (χ0v) is 13.6. The quantitative estimate of drug-likeness (QED) is 0.824. The lowest BCUT2D eigenvalue weighted by molar-refractivity contribution is -0.136. The molecular formula is C16H17ClN4O3. The van der Waals surface area contributed by atoms with Crippen LogP contribution in [0.25, 0.3) is 5.69 Å². The summed E-state index contributed by atoms with van der Waals surface area (Å²) in [7, 11) is 0. The van der Waals surface area contributed by atoms with E-state index >= 15 is 0 Å². The third-order valence-electron chi connectivity index (χ3n) is 3.68. The van der Waals surface area contributed by atoms with Crippen LogP contribution in [0.1, 0.15) is 12.8 Å². The van der Waals surface area contributed by atoms with Gasteiger partial charge in [0.2, 0.25) is 0 Å². The largest absolute Gasteiger partial charge is 0.376 e. The number of carbonyl (C=O) groups excluding carboxylic acids is 2. The van der Waals surface area contributed by atoms with E-state index in [2.05, 4.69) is 15.7 Å². The number of carbonyl (C=O) groups is 2. The predicted octanol–water partition coefficient (Wildman–Crippen LogP) is 1.76. The molecule has 1 saturated heterocycles. The van der Waals surface area contributed by atoms with Crippen LogP contribution in [-0.4, -0.2) is 40.9 Å². The molecule has 2 heterocycles. The van der Waals surface area contributed by atoms with E-state index < -0.39 is 11.8 Å². The minimum absolute atomic E-state index is 0.00968. The average Bonchev–Trinajstić information content (AvgIpc) is 3.26. The van der Waals surface area contributed by atoms with Gasteiger partial charge in [-0.15, -0.1) is 0 Å². The van der Waals surface area contributed by atoms with Gasteiger partial charge in [0, 0.05) is 31.2 Å². The Bertz CT molecular complexity index is 727. The molecule has 2 amide bonds. The number of hydrogen-bond donors (Lipinski definition) is 2. The maximum atomic E-state index is 11.9. The van der Waals surface area contributed by atoms with Crippen LogP contribution in [-0.2, 0) is 14.3 Å². The summed E-state index contributed by atoms with van der Waals surface area (Å²) >= 11 is 6.20. The molecule has 1 aliphatic heterocycles. The number of aromatic nitrogens is 2. The third kappa shape index (κ3) is 3.93. The lowest BCUT2D eigenvalue weighted by Crippen LogP contribution is -2.39. The molecule has 1 aromatic carbocycles. The molecule has 0 bridgehead atoms. The average molecular weight is 349 g/mol. The van der Waals surface area contributed by atoms with Crippen LogP contribution >= 0.6 is 11.6 Å². The summed E-state index contributed by atoms with van der Waals surface area (Å²) in [5, 5.41) is 9.60. The van der Waals surface area contributed by atoms with Crippen molar-refractivity contribution in [2.24, 2.45) is 0 Å². The first-order chi connectivity index (χ1) is 11.6. The molecule has 8 heteroatoms. The lowest BCUT2D eigenvalue weighted by atomic mass is 10.2. The molecule has 3 rings (SSSR count). The van der Waals surface area contributed by atoms with Crippen molar-refractivity contribution in [2.75, 3.05) is 18.5 Å². The maximum Gasteiger partial charge on any atom is 0.313 e. The Balaban J connectivity index is 1.57. The van der Waals surface area contributed by atoms with E-state index in [1.54, 1.807) is 41.3 Å². The maximum absolute atomic E-state index is 11.9. The van der Waals surface area contributed by atoms with Crippen molar-refractivity contribution in [1.82, 2.24) is 15.1 Å². The van der Waals surface area contributed by atoms with Gasteiger partial charge in [0.25, 0.3) is 0 Å². The first-order valence-corrected chi connectivity index (χ1v) is 8.01. The Morgan fingerprint density at radius 1 is 1.38 bits per heavy atom. The van der Waals surface area contributed by atoms with E-state index in [-0.39, 0.29) is 6.10 Å². The SMILES string of the molecule is O=C(NCC1CCCO1)C(=O)Nc1ccc(-n2cccn2)c(Cl)c1. The monoisotopic (exact) mass is 348 g/mol. The second-order valence-electron chi connectivity index (χ2n) is 5.42. The number of rotatable bonds is 4. The number of nitrogens with one attached hydrogen (secondary N) is 2. The molecule has 7 nitrogen and oxygen atoms in total. The minimum atomic E-state index is -0.740. The molecule has 0 saturated carbocycles. The first-order valence-electron chi connectivity index (χ1n) is 7.64. The van der Waals surface area contributed by atoms with Gasteiger partial charge >= 0.3 is 11.8 Å². The Morgan fingerprint density at radius 2 is 2.25 bits per heavy atom. The molecule has 1 fully saturated rings. The van der Waals surface area contributed by atoms with Crippen molar-refractivity contribution in [3.8, 4) is 5.69 Å². The first kappa shape index (κ1) is 16.5. The molecule has 2 N–H and O–H groups in total. The molecule has 1 unspecified atom stereocenters. The lowest BCUT2D eigenvalue weighted by Gasteiger charge is -2.11. The van der Waals surface area contributed by atoms with Crippen molar-refractivity contribution < 1.29 is 14.3 Å². The smallest absolute Gasteiger partial charge is 0.313 e. The second-order valence-corrected chi connectivity index (χ2v) is 5.82. The Morgan fingerprint density at radius 3 is 2.92 bits per heavy atom. The van der Waals surface area contributed by atoms with E-state index in [0.717, 1.165) is 12.8 Å².